The molecule has 0 bridgehead atoms. The van der Waals surface area contributed by atoms with Crippen molar-refractivity contribution in [1.82, 2.24) is 15.1 Å². The van der Waals surface area contributed by atoms with E-state index in [1.165, 1.54) is 22.7 Å². The topological polar surface area (TPSA) is 88.2 Å². The molecule has 0 saturated carbocycles. The van der Waals surface area contributed by atoms with Crippen molar-refractivity contribution in [2.75, 3.05) is 23.3 Å². The van der Waals surface area contributed by atoms with Crippen molar-refractivity contribution in [1.29, 1.82) is 0 Å². The average Bonchev–Trinajstić information content (AvgIpc) is 3.57. The predicted octanol–water partition coefficient (Wildman–Crippen LogP) is 3.66. The number of amides is 1. The van der Waals surface area contributed by atoms with Gasteiger partial charge in [0.25, 0.3) is 5.91 Å². The molecule has 2 aliphatic heterocycles. The van der Waals surface area contributed by atoms with Crippen LogP contribution in [-0.4, -0.2) is 34.8 Å². The Morgan fingerprint density at radius 2 is 2.27 bits per heavy atom. The van der Waals surface area contributed by atoms with Crippen LogP contribution >= 0.6 is 23.1 Å². The number of thiophene rings is 1. The van der Waals surface area contributed by atoms with Crippen molar-refractivity contribution < 1.29 is 9.18 Å². The Hall–Kier alpha value is -2.82. The Morgan fingerprint density at radius 1 is 1.36 bits per heavy atom. The van der Waals surface area contributed by atoms with E-state index in [9.17, 15) is 9.18 Å². The van der Waals surface area contributed by atoms with Crippen LogP contribution in [0.3, 0.4) is 0 Å². The number of nitrogens with two attached hydrogens (primary N) is 1. The van der Waals surface area contributed by atoms with E-state index in [0.29, 0.717) is 31.0 Å². The summed E-state index contributed by atoms with van der Waals surface area (Å²) in [6.07, 6.45) is 7.13. The fourth-order valence-corrected chi connectivity index (χ4v) is 5.85. The maximum atomic E-state index is 14.9. The number of hydrogen-bond acceptors (Lipinski definition) is 7. The number of hydrogen-bond donors (Lipinski definition) is 3. The van der Waals surface area contributed by atoms with Crippen LogP contribution < -0.4 is 21.3 Å². The van der Waals surface area contributed by atoms with Gasteiger partial charge in [-0.05, 0) is 41.8 Å². The van der Waals surface area contributed by atoms with Gasteiger partial charge in [-0.1, -0.05) is 23.9 Å². The molecular formula is C23H25FN6OS2. The maximum absolute atomic E-state index is 14.9. The van der Waals surface area contributed by atoms with Crippen molar-refractivity contribution >= 4 is 40.4 Å². The first kappa shape index (κ1) is 22.0. The molecule has 0 aliphatic carbocycles. The maximum Gasteiger partial charge on any atom is 0.265 e. The first-order valence-electron chi connectivity index (χ1n) is 10.8. The number of aromatic nitrogens is 2. The van der Waals surface area contributed by atoms with Gasteiger partial charge < -0.3 is 21.3 Å². The van der Waals surface area contributed by atoms with Gasteiger partial charge in [-0.15, -0.1) is 11.3 Å². The molecule has 1 unspecified atom stereocenters. The Balaban J connectivity index is 1.41. The van der Waals surface area contributed by atoms with E-state index in [0.717, 1.165) is 18.4 Å². The van der Waals surface area contributed by atoms with E-state index in [4.69, 9.17) is 5.73 Å². The zero-order valence-corrected chi connectivity index (χ0v) is 19.5. The van der Waals surface area contributed by atoms with E-state index in [2.05, 4.69) is 21.8 Å². The van der Waals surface area contributed by atoms with Gasteiger partial charge in [0, 0.05) is 42.0 Å². The molecule has 10 heteroatoms. The van der Waals surface area contributed by atoms with Gasteiger partial charge in [0.05, 0.1) is 24.1 Å². The normalized spacial score (nSPS) is 22.4. The summed E-state index contributed by atoms with van der Waals surface area (Å²) in [5.41, 5.74) is 7.68. The highest BCUT2D eigenvalue weighted by Gasteiger charge is 2.43. The number of nitrogens with one attached hydrogen (secondary N) is 2. The number of halogens is 1. The molecule has 2 aromatic heterocycles. The van der Waals surface area contributed by atoms with E-state index >= 15 is 0 Å². The Kier molecular flexibility index (Phi) is 6.13. The van der Waals surface area contributed by atoms with Gasteiger partial charge in [-0.2, -0.15) is 5.10 Å². The van der Waals surface area contributed by atoms with Crippen LogP contribution in [-0.2, 0) is 16.2 Å². The lowest BCUT2D eigenvalue weighted by Crippen LogP contribution is -2.46. The number of benzene rings is 1. The lowest BCUT2D eigenvalue weighted by molar-refractivity contribution is -0.119. The standard InChI is InChI=1S/C23H25FN6OS2/c24-19-6-1-7-20(21(19)29-9-2-4-17(25)14-29)28-22(31)23(26-8-11-33-23)16-12-27-30(13-16)15-18-5-3-10-32-18/h1,3,5-8,10-13,17,26H,2,4,9,14-15,25H2,(H,28,31)/t17-,23?/m1/s1. The Morgan fingerprint density at radius 3 is 3.03 bits per heavy atom. The number of rotatable bonds is 6. The highest BCUT2D eigenvalue weighted by Crippen LogP contribution is 2.41. The van der Waals surface area contributed by atoms with Crippen molar-refractivity contribution in [3.8, 4) is 0 Å². The number of carbonyl (C=O) groups is 1. The lowest BCUT2D eigenvalue weighted by atomic mass is 10.0. The van der Waals surface area contributed by atoms with E-state index in [1.54, 1.807) is 35.9 Å². The van der Waals surface area contributed by atoms with Crippen LogP contribution in [0.1, 0.15) is 23.3 Å². The fraction of sp³-hybridized carbons (Fsp3) is 0.304. The SMILES string of the molecule is N[C@@H]1CCCN(c2c(F)cccc2NC(=O)C2(c3cnn(Cc4cccs4)c3)NC=CS2)C1. The second-order valence-corrected chi connectivity index (χ2v) is 10.3. The van der Waals surface area contributed by atoms with Gasteiger partial charge in [0.2, 0.25) is 0 Å². The van der Waals surface area contributed by atoms with Crippen LogP contribution in [0.4, 0.5) is 15.8 Å². The first-order chi connectivity index (χ1) is 16.0. The molecule has 0 radical (unpaired) electrons. The lowest BCUT2D eigenvalue weighted by Gasteiger charge is -2.34. The largest absolute Gasteiger partial charge is 0.366 e. The molecule has 7 nitrogen and oxygen atoms in total. The summed E-state index contributed by atoms with van der Waals surface area (Å²) in [6, 6.07) is 8.80. The third kappa shape index (κ3) is 4.38. The molecule has 1 aromatic carbocycles. The van der Waals surface area contributed by atoms with Gasteiger partial charge in [0.15, 0.2) is 4.87 Å². The zero-order chi connectivity index (χ0) is 22.8. The van der Waals surface area contributed by atoms with Crippen LogP contribution in [0.25, 0.3) is 0 Å². The predicted molar refractivity (Wildman–Crippen MR) is 132 cm³/mol. The number of thioether (sulfide) groups is 1. The molecule has 1 fully saturated rings. The van der Waals surface area contributed by atoms with Gasteiger partial charge in [-0.3, -0.25) is 9.48 Å². The quantitative estimate of drug-likeness (QED) is 0.495. The molecule has 5 rings (SSSR count). The fourth-order valence-electron chi connectivity index (χ4n) is 4.28. The summed E-state index contributed by atoms with van der Waals surface area (Å²) < 4.78 is 16.7. The third-order valence-electron chi connectivity index (χ3n) is 5.87. The van der Waals surface area contributed by atoms with Crippen molar-refractivity contribution in [3.63, 3.8) is 0 Å². The van der Waals surface area contributed by atoms with Gasteiger partial charge >= 0.3 is 0 Å². The van der Waals surface area contributed by atoms with E-state index in [-0.39, 0.29) is 17.8 Å². The monoisotopic (exact) mass is 484 g/mol. The van der Waals surface area contributed by atoms with Crippen LogP contribution in [0.15, 0.2) is 59.7 Å². The molecular weight excluding hydrogens is 459 g/mol. The summed E-state index contributed by atoms with van der Waals surface area (Å²) in [5.74, 6) is -0.661. The second kappa shape index (κ2) is 9.20. The number of anilines is 2. The van der Waals surface area contributed by atoms with Crippen molar-refractivity contribution in [2.45, 2.75) is 30.3 Å². The molecule has 0 spiro atoms. The Labute approximate surface area is 199 Å². The number of para-hydroxylation sites is 1. The van der Waals surface area contributed by atoms with Gasteiger partial charge in [-0.25, -0.2) is 4.39 Å². The first-order valence-corrected chi connectivity index (χ1v) is 12.6. The molecule has 2 aliphatic rings. The van der Waals surface area contributed by atoms with Crippen LogP contribution in [0, 0.1) is 5.82 Å². The summed E-state index contributed by atoms with van der Waals surface area (Å²) in [7, 11) is 0. The van der Waals surface area contributed by atoms with E-state index in [1.807, 2.05) is 32.6 Å². The van der Waals surface area contributed by atoms with Crippen LogP contribution in [0.5, 0.6) is 0 Å². The molecule has 4 N–H and O–H groups in total. The summed E-state index contributed by atoms with van der Waals surface area (Å²) >= 11 is 3.02. The highest BCUT2D eigenvalue weighted by molar-refractivity contribution is 8.04. The van der Waals surface area contributed by atoms with Crippen molar-refractivity contribution in [3.05, 3.63) is 76.0 Å². The minimum Gasteiger partial charge on any atom is -0.366 e. The smallest absolute Gasteiger partial charge is 0.265 e. The summed E-state index contributed by atoms with van der Waals surface area (Å²) in [5, 5.41) is 14.5. The molecule has 1 saturated heterocycles. The van der Waals surface area contributed by atoms with Crippen molar-refractivity contribution in [2.24, 2.45) is 5.73 Å². The molecule has 172 valence electrons. The number of piperidine rings is 1. The average molecular weight is 485 g/mol. The summed E-state index contributed by atoms with van der Waals surface area (Å²) in [4.78, 5) is 15.7. The zero-order valence-electron chi connectivity index (χ0n) is 17.9. The molecule has 1 amide bonds. The third-order valence-corrected chi connectivity index (χ3v) is 7.89. The Bertz CT molecular complexity index is 1150. The molecule has 4 heterocycles. The molecule has 2 atom stereocenters. The molecule has 33 heavy (non-hydrogen) atoms. The molecule has 3 aromatic rings. The minimum absolute atomic E-state index is 0.0151. The van der Waals surface area contributed by atoms with Crippen LogP contribution in [0.2, 0.25) is 0 Å². The highest BCUT2D eigenvalue weighted by atomic mass is 32.2. The second-order valence-electron chi connectivity index (χ2n) is 8.19. The van der Waals surface area contributed by atoms with E-state index < -0.39 is 4.87 Å². The minimum atomic E-state index is -1.09. The number of carbonyl (C=O) groups excluding carboxylic acids is 1. The van der Waals surface area contributed by atoms with Gasteiger partial charge in [0.1, 0.15) is 5.82 Å². The number of nitrogens with zero attached hydrogens (tertiary/aromatic N) is 3. The summed E-state index contributed by atoms with van der Waals surface area (Å²) in [6.45, 7) is 1.89.